The highest BCUT2D eigenvalue weighted by molar-refractivity contribution is 6.26. The van der Waals surface area contributed by atoms with Crippen LogP contribution in [-0.2, 0) is 28.6 Å². The highest BCUT2D eigenvalue weighted by Crippen LogP contribution is 2.61. The van der Waals surface area contributed by atoms with Gasteiger partial charge in [-0.15, -0.1) is 0 Å². The number of carbonyl (C=O) groups is 4. The van der Waals surface area contributed by atoms with E-state index in [1.165, 1.54) is 0 Å². The molecule has 57 heavy (non-hydrogen) atoms. The second-order valence-electron chi connectivity index (χ2n) is 17.5. The summed E-state index contributed by atoms with van der Waals surface area (Å²) >= 11 is 0. The summed E-state index contributed by atoms with van der Waals surface area (Å²) in [5.74, 6) is -4.35. The van der Waals surface area contributed by atoms with Crippen molar-refractivity contribution in [3.8, 4) is 0 Å². The van der Waals surface area contributed by atoms with E-state index >= 15 is 4.79 Å². The van der Waals surface area contributed by atoms with Crippen LogP contribution in [0.25, 0.3) is 0 Å². The number of ketones is 1. The van der Waals surface area contributed by atoms with Gasteiger partial charge < -0.3 is 39.8 Å². The summed E-state index contributed by atoms with van der Waals surface area (Å²) in [6, 6.07) is 2.74. The summed E-state index contributed by atoms with van der Waals surface area (Å²) in [7, 11) is 0. The summed E-state index contributed by atoms with van der Waals surface area (Å²) in [4.78, 5) is 57.6. The zero-order valence-electron chi connectivity index (χ0n) is 33.8. The highest BCUT2D eigenvalue weighted by atomic mass is 16.7. The first kappa shape index (κ1) is 40.9. The first-order valence-electron chi connectivity index (χ1n) is 20.7. The molecule has 13 atom stereocenters. The smallest absolute Gasteiger partial charge is 0.346 e. The fourth-order valence-electron chi connectivity index (χ4n) is 11.3. The van der Waals surface area contributed by atoms with Crippen LogP contribution in [-0.4, -0.2) is 80.2 Å². The zero-order chi connectivity index (χ0) is 41.0. The van der Waals surface area contributed by atoms with E-state index < -0.39 is 64.6 Å². The summed E-state index contributed by atoms with van der Waals surface area (Å²) in [5, 5.41) is 37.2. The molecule has 2 saturated heterocycles. The Balaban J connectivity index is 1.25. The molecule has 6 aliphatic rings. The number of rotatable bonds is 7. The Morgan fingerprint density at radius 2 is 1.88 bits per heavy atom. The molecule has 2 aliphatic heterocycles. The molecule has 0 aromatic carbocycles. The van der Waals surface area contributed by atoms with E-state index in [0.717, 1.165) is 12.0 Å². The Morgan fingerprint density at radius 1 is 1.11 bits per heavy atom. The molecule has 12 nitrogen and oxygen atoms in total. The number of Topliss-reactive ketones (excluding diaryl/α,β-unsaturated/α-hetero) is 1. The van der Waals surface area contributed by atoms with Crippen LogP contribution in [0.1, 0.15) is 103 Å². The average Bonchev–Trinajstić information content (AvgIpc) is 3.79. The molecule has 5 N–H and O–H groups in total. The first-order valence-corrected chi connectivity index (χ1v) is 20.7. The lowest BCUT2D eigenvalue weighted by Crippen LogP contribution is -2.58. The third kappa shape index (κ3) is 6.75. The second-order valence-corrected chi connectivity index (χ2v) is 17.5. The van der Waals surface area contributed by atoms with Crippen molar-refractivity contribution in [2.24, 2.45) is 40.4 Å². The van der Waals surface area contributed by atoms with Gasteiger partial charge in [0.15, 0.2) is 11.9 Å². The van der Waals surface area contributed by atoms with Crippen LogP contribution in [0.2, 0.25) is 0 Å². The van der Waals surface area contributed by atoms with Gasteiger partial charge in [-0.2, -0.15) is 0 Å². The molecule has 12 heteroatoms. The van der Waals surface area contributed by atoms with E-state index in [1.807, 2.05) is 26.8 Å². The second kappa shape index (κ2) is 15.5. The molecule has 0 radical (unpaired) electrons. The molecule has 1 aromatic heterocycles. The van der Waals surface area contributed by atoms with Gasteiger partial charge in [0.25, 0.3) is 5.91 Å². The number of allylic oxidation sites excluding steroid dienone is 5. The Morgan fingerprint density at radius 3 is 2.54 bits per heavy atom. The Labute approximate surface area is 334 Å². The fraction of sp³-hybridized carbons (Fsp3) is 0.600. The van der Waals surface area contributed by atoms with Crippen LogP contribution in [0.15, 0.2) is 77.3 Å². The number of carbonyl (C=O) groups excluding carboxylic acids is 3. The van der Waals surface area contributed by atoms with Gasteiger partial charge >= 0.3 is 11.9 Å². The lowest BCUT2D eigenvalue weighted by atomic mass is 9.51. The summed E-state index contributed by atoms with van der Waals surface area (Å²) in [6.07, 6.45) is 14.5. The van der Waals surface area contributed by atoms with Gasteiger partial charge in [0.2, 0.25) is 5.78 Å². The van der Waals surface area contributed by atoms with Crippen molar-refractivity contribution < 1.29 is 48.7 Å². The van der Waals surface area contributed by atoms with Gasteiger partial charge in [0, 0.05) is 35.9 Å². The number of hydrogen-bond donors (Lipinski definition) is 5. The van der Waals surface area contributed by atoms with Gasteiger partial charge in [-0.1, -0.05) is 62.8 Å². The predicted octanol–water partition coefficient (Wildman–Crippen LogP) is 6.66. The normalized spacial score (nSPS) is 43.4. The van der Waals surface area contributed by atoms with Gasteiger partial charge in [-0.25, -0.2) is 9.59 Å². The number of ether oxygens (including phenoxy) is 3. The van der Waals surface area contributed by atoms with Crippen molar-refractivity contribution in [1.29, 1.82) is 0 Å². The SMILES string of the molecule is CC[C@H]1C[C@]23OC(=O)/C(=C(\O)[C@@]4(CC)[C@@H]5CC[C@H](C)[C@H](O[C@H]6C[C@@H](O)[C@H](NC(=O)c7ccc[nH]7)[C@@H](C)O6)[C@H]5C=C[C@H]4C/C=C/C/C(C)=C/[C@@]2(C)C=C1C(=O)O)C3=O. The van der Waals surface area contributed by atoms with E-state index in [9.17, 15) is 29.7 Å². The van der Waals surface area contributed by atoms with Crippen LogP contribution >= 0.6 is 0 Å². The largest absolute Gasteiger partial charge is 0.511 e. The molecule has 1 aromatic rings. The number of carboxylic acid groups (broad SMARTS) is 1. The zero-order valence-corrected chi connectivity index (χ0v) is 33.8. The highest BCUT2D eigenvalue weighted by Gasteiger charge is 2.67. The van der Waals surface area contributed by atoms with E-state index in [4.69, 9.17) is 14.2 Å². The lowest BCUT2D eigenvalue weighted by Gasteiger charge is -2.55. The van der Waals surface area contributed by atoms with E-state index in [1.54, 1.807) is 38.3 Å². The van der Waals surface area contributed by atoms with Crippen molar-refractivity contribution in [1.82, 2.24) is 10.3 Å². The third-order valence-electron chi connectivity index (χ3n) is 14.3. The number of fused-ring (bicyclic) bond motifs is 4. The number of aliphatic hydroxyl groups excluding tert-OH is 2. The molecule has 3 heterocycles. The van der Waals surface area contributed by atoms with Gasteiger partial charge in [-0.05, 0) is 95.1 Å². The Kier molecular flexibility index (Phi) is 11.1. The monoisotopic (exact) mass is 786 g/mol. The van der Waals surface area contributed by atoms with Crippen LogP contribution in [0.3, 0.4) is 0 Å². The number of aliphatic carboxylic acids is 1. The van der Waals surface area contributed by atoms with Crippen LogP contribution in [0.4, 0.5) is 0 Å². The molecule has 1 saturated carbocycles. The number of aromatic nitrogens is 1. The maximum Gasteiger partial charge on any atom is 0.346 e. The molecule has 2 bridgehead atoms. The molecule has 0 unspecified atom stereocenters. The van der Waals surface area contributed by atoms with Crippen molar-refractivity contribution in [3.63, 3.8) is 0 Å². The maximum absolute atomic E-state index is 15.1. The number of H-pyrrole nitrogens is 1. The quantitative estimate of drug-likeness (QED) is 0.114. The number of aliphatic hydroxyl groups is 2. The van der Waals surface area contributed by atoms with Crippen molar-refractivity contribution >= 4 is 23.6 Å². The summed E-state index contributed by atoms with van der Waals surface area (Å²) in [5.41, 5.74) is -2.93. The first-order chi connectivity index (χ1) is 27.1. The molecule has 1 amide bonds. The van der Waals surface area contributed by atoms with Crippen molar-refractivity contribution in [3.05, 3.63) is 83.0 Å². The molecule has 7 rings (SSSR count). The minimum Gasteiger partial charge on any atom is -0.511 e. The van der Waals surface area contributed by atoms with Gasteiger partial charge in [-0.3, -0.25) is 9.59 Å². The standard InChI is InChI=1S/C45H58N2O10/c1-7-27-22-45-39(50)35(42(54)57-45)38(49)44(8-2)28(13-10-9-12-24(3)21-43(45,6)23-30(27)41(52)53)16-17-29-31(44)18-15-25(4)37(29)56-34-20-33(48)36(26(5)55-34)47-40(51)32-14-11-19-46-32/h9-11,14,16-17,19,21,23,25-29,31,33-34,36-37,46,48-49H,7-8,12-13,15,18,20,22H2,1-6H3,(H,47,51)(H,52,53)/b10-9+,24-21+,38-35-/t25-,26+,27-,28+,29-,31+,33+,34-,36+,37-,43-,44+,45+/m0/s1. The third-order valence-corrected chi connectivity index (χ3v) is 14.3. The van der Waals surface area contributed by atoms with Crippen molar-refractivity contribution in [2.75, 3.05) is 0 Å². The number of amides is 1. The number of hydrogen-bond acceptors (Lipinski definition) is 9. The number of aromatic amines is 1. The topological polar surface area (TPSA) is 184 Å². The summed E-state index contributed by atoms with van der Waals surface area (Å²) in [6.45, 7) is 11.5. The van der Waals surface area contributed by atoms with Crippen LogP contribution < -0.4 is 5.32 Å². The van der Waals surface area contributed by atoms with E-state index in [-0.39, 0.29) is 65.4 Å². The Hall–Kier alpha value is -4.26. The number of esters is 1. The minimum absolute atomic E-state index is 0.0107. The molecule has 1 spiro atoms. The molecular weight excluding hydrogens is 728 g/mol. The van der Waals surface area contributed by atoms with Crippen LogP contribution in [0.5, 0.6) is 0 Å². The average molecular weight is 787 g/mol. The van der Waals surface area contributed by atoms with Crippen molar-refractivity contribution in [2.45, 2.75) is 129 Å². The number of nitrogens with one attached hydrogen (secondary N) is 2. The van der Waals surface area contributed by atoms with E-state index in [2.05, 4.69) is 41.5 Å². The maximum atomic E-state index is 15.1. The summed E-state index contributed by atoms with van der Waals surface area (Å²) < 4.78 is 19.4. The molecular formula is C45H58N2O10. The molecule has 308 valence electrons. The number of carboxylic acids is 1. The van der Waals surface area contributed by atoms with Crippen LogP contribution in [0, 0.1) is 40.4 Å². The predicted molar refractivity (Wildman–Crippen MR) is 210 cm³/mol. The Bertz CT molecular complexity index is 1920. The molecule has 3 fully saturated rings. The van der Waals surface area contributed by atoms with Gasteiger partial charge in [0.1, 0.15) is 17.0 Å². The lowest BCUT2D eigenvalue weighted by molar-refractivity contribution is -0.258. The minimum atomic E-state index is -1.73. The van der Waals surface area contributed by atoms with E-state index in [0.29, 0.717) is 37.8 Å². The fourth-order valence-corrected chi connectivity index (χ4v) is 11.3. The van der Waals surface area contributed by atoms with Gasteiger partial charge in [0.05, 0.1) is 29.8 Å². The molecule has 4 aliphatic carbocycles.